The zero-order valence-corrected chi connectivity index (χ0v) is 14.9. The number of aromatic nitrogens is 1. The van der Waals surface area contributed by atoms with Crippen LogP contribution >= 0.6 is 0 Å². The van der Waals surface area contributed by atoms with Gasteiger partial charge in [-0.15, -0.1) is 0 Å². The Morgan fingerprint density at radius 2 is 1.78 bits per heavy atom. The van der Waals surface area contributed by atoms with Crippen LogP contribution in [0.2, 0.25) is 0 Å². The van der Waals surface area contributed by atoms with Gasteiger partial charge in [-0.05, 0) is 12.1 Å². The van der Waals surface area contributed by atoms with Crippen molar-refractivity contribution in [2.24, 2.45) is 0 Å². The molecule has 3 heterocycles. The van der Waals surface area contributed by atoms with Gasteiger partial charge in [0.15, 0.2) is 5.60 Å². The first-order chi connectivity index (χ1) is 13.2. The molecule has 0 aliphatic carbocycles. The first kappa shape index (κ1) is 16.5. The number of ether oxygens (including phenoxy) is 1. The van der Waals surface area contributed by atoms with E-state index in [-0.39, 0.29) is 5.91 Å². The Hall–Kier alpha value is -2.67. The van der Waals surface area contributed by atoms with Gasteiger partial charge < -0.3 is 14.8 Å². The minimum Gasteiger partial charge on any atom is -0.379 e. The molecule has 0 saturated carbocycles. The highest BCUT2D eigenvalue weighted by Crippen LogP contribution is 2.46. The van der Waals surface area contributed by atoms with Gasteiger partial charge in [-0.1, -0.05) is 36.4 Å². The fourth-order valence-electron chi connectivity index (χ4n) is 4.15. The van der Waals surface area contributed by atoms with Gasteiger partial charge in [-0.2, -0.15) is 0 Å². The van der Waals surface area contributed by atoms with Gasteiger partial charge >= 0.3 is 0 Å². The third kappa shape index (κ3) is 2.41. The van der Waals surface area contributed by atoms with E-state index in [9.17, 15) is 9.90 Å². The smallest absolute Gasteiger partial charge is 0.269 e. The van der Waals surface area contributed by atoms with Crippen molar-refractivity contribution >= 4 is 22.5 Å². The largest absolute Gasteiger partial charge is 0.379 e. The van der Waals surface area contributed by atoms with Crippen LogP contribution in [0.3, 0.4) is 0 Å². The van der Waals surface area contributed by atoms with Crippen molar-refractivity contribution < 1.29 is 14.6 Å². The Balaban J connectivity index is 1.61. The molecule has 1 saturated heterocycles. The lowest BCUT2D eigenvalue weighted by atomic mass is 9.87. The quantitative estimate of drug-likeness (QED) is 0.747. The molecule has 27 heavy (non-hydrogen) atoms. The molecule has 0 bridgehead atoms. The second-order valence-electron chi connectivity index (χ2n) is 7.08. The van der Waals surface area contributed by atoms with Gasteiger partial charge in [0.05, 0.1) is 25.6 Å². The van der Waals surface area contributed by atoms with Gasteiger partial charge in [-0.25, -0.2) is 0 Å². The van der Waals surface area contributed by atoms with E-state index in [1.807, 2.05) is 48.5 Å². The summed E-state index contributed by atoms with van der Waals surface area (Å²) in [6.07, 6.45) is 1.75. The summed E-state index contributed by atoms with van der Waals surface area (Å²) in [6, 6.07) is 15.2. The van der Waals surface area contributed by atoms with Crippen LogP contribution in [0.4, 0.5) is 5.69 Å². The van der Waals surface area contributed by atoms with Gasteiger partial charge in [-0.3, -0.25) is 14.6 Å². The molecule has 1 aromatic heterocycles. The Labute approximate surface area is 157 Å². The number of fused-ring (bicyclic) bond motifs is 2. The van der Waals surface area contributed by atoms with Crippen LogP contribution < -0.4 is 4.90 Å². The minimum absolute atomic E-state index is 0.306. The maximum Gasteiger partial charge on any atom is 0.269 e. The number of amides is 1. The number of nitrogens with one attached hydrogen (secondary N) is 1. The second kappa shape index (κ2) is 6.20. The van der Waals surface area contributed by atoms with Crippen LogP contribution in [0.1, 0.15) is 11.1 Å². The van der Waals surface area contributed by atoms with Crippen molar-refractivity contribution in [3.63, 3.8) is 0 Å². The summed E-state index contributed by atoms with van der Waals surface area (Å²) >= 11 is 0. The summed E-state index contributed by atoms with van der Waals surface area (Å²) in [6.45, 7) is 3.32. The van der Waals surface area contributed by atoms with Crippen molar-refractivity contribution in [1.29, 1.82) is 0 Å². The first-order valence-corrected chi connectivity index (χ1v) is 9.20. The van der Waals surface area contributed by atoms with Crippen LogP contribution in [-0.2, 0) is 15.1 Å². The molecule has 0 spiro atoms. The molecule has 5 rings (SSSR count). The van der Waals surface area contributed by atoms with Crippen LogP contribution in [0, 0.1) is 0 Å². The molecule has 2 aromatic carbocycles. The molecule has 6 nitrogen and oxygen atoms in total. The second-order valence-corrected chi connectivity index (χ2v) is 7.08. The molecule has 3 aromatic rings. The lowest BCUT2D eigenvalue weighted by molar-refractivity contribution is -0.132. The predicted octanol–water partition coefficient (Wildman–Crippen LogP) is 2.04. The minimum atomic E-state index is -1.69. The molecular weight excluding hydrogens is 342 g/mol. The number of carbonyl (C=O) groups excluding carboxylic acids is 1. The number of nitrogens with zero attached hydrogens (tertiary/aromatic N) is 2. The number of anilines is 1. The maximum absolute atomic E-state index is 13.5. The topological polar surface area (TPSA) is 68.8 Å². The molecular formula is C21H21N3O3. The summed E-state index contributed by atoms with van der Waals surface area (Å²) in [5, 5.41) is 12.6. The third-order valence-electron chi connectivity index (χ3n) is 5.56. The Bertz CT molecular complexity index is 1010. The Kier molecular flexibility index (Phi) is 3.79. The first-order valence-electron chi connectivity index (χ1n) is 9.20. The molecule has 6 heteroatoms. The number of rotatable bonds is 3. The molecule has 138 valence electrons. The zero-order chi connectivity index (χ0) is 18.4. The van der Waals surface area contributed by atoms with Gasteiger partial charge in [0.2, 0.25) is 0 Å². The molecule has 2 N–H and O–H groups in total. The number of aromatic amines is 1. The molecule has 1 fully saturated rings. The summed E-state index contributed by atoms with van der Waals surface area (Å²) in [5.74, 6) is -0.306. The molecule has 1 atom stereocenters. The van der Waals surface area contributed by atoms with E-state index in [0.29, 0.717) is 31.0 Å². The van der Waals surface area contributed by atoms with Crippen molar-refractivity contribution in [3.8, 4) is 0 Å². The predicted molar refractivity (Wildman–Crippen MR) is 102 cm³/mol. The zero-order valence-electron chi connectivity index (χ0n) is 14.9. The highest BCUT2D eigenvalue weighted by molar-refractivity contribution is 6.11. The molecule has 0 unspecified atom stereocenters. The lowest BCUT2D eigenvalue weighted by Gasteiger charge is -2.31. The molecule has 2 aliphatic heterocycles. The summed E-state index contributed by atoms with van der Waals surface area (Å²) < 4.78 is 5.41. The Morgan fingerprint density at radius 3 is 2.63 bits per heavy atom. The number of benzene rings is 2. The van der Waals surface area contributed by atoms with Crippen molar-refractivity contribution in [3.05, 3.63) is 65.9 Å². The van der Waals surface area contributed by atoms with E-state index in [2.05, 4.69) is 9.88 Å². The summed E-state index contributed by atoms with van der Waals surface area (Å²) in [4.78, 5) is 20.6. The SMILES string of the molecule is O=C1N(CN2CCOCC2)c2ccccc2[C@]1(O)c1c[nH]c2ccccc12. The number of hydrogen-bond donors (Lipinski definition) is 2. The van der Waals surface area contributed by atoms with E-state index < -0.39 is 5.60 Å². The number of hydrogen-bond acceptors (Lipinski definition) is 4. The van der Waals surface area contributed by atoms with E-state index in [1.165, 1.54) is 0 Å². The Morgan fingerprint density at radius 1 is 1.04 bits per heavy atom. The number of para-hydroxylation sites is 2. The fraction of sp³-hybridized carbons (Fsp3) is 0.286. The average Bonchev–Trinajstić information content (AvgIpc) is 3.24. The average molecular weight is 363 g/mol. The normalized spacial score (nSPS) is 23.1. The molecule has 1 amide bonds. The monoisotopic (exact) mass is 363 g/mol. The van der Waals surface area contributed by atoms with Crippen LogP contribution in [0.25, 0.3) is 10.9 Å². The molecule has 2 aliphatic rings. The highest BCUT2D eigenvalue weighted by Gasteiger charge is 2.52. The van der Waals surface area contributed by atoms with Crippen molar-refractivity contribution in [1.82, 2.24) is 9.88 Å². The number of H-pyrrole nitrogens is 1. The van der Waals surface area contributed by atoms with Crippen LogP contribution in [-0.4, -0.2) is 53.9 Å². The van der Waals surface area contributed by atoms with Crippen molar-refractivity contribution in [2.75, 3.05) is 37.9 Å². The van der Waals surface area contributed by atoms with Gasteiger partial charge in [0.25, 0.3) is 5.91 Å². The highest BCUT2D eigenvalue weighted by atomic mass is 16.5. The van der Waals surface area contributed by atoms with E-state index in [1.54, 1.807) is 11.1 Å². The number of carbonyl (C=O) groups is 1. The van der Waals surface area contributed by atoms with Gasteiger partial charge in [0.1, 0.15) is 0 Å². The van der Waals surface area contributed by atoms with Gasteiger partial charge in [0, 0.05) is 41.3 Å². The van der Waals surface area contributed by atoms with Crippen LogP contribution in [0.5, 0.6) is 0 Å². The van der Waals surface area contributed by atoms with Crippen LogP contribution in [0.15, 0.2) is 54.7 Å². The standard InChI is InChI=1S/C21H21N3O3/c25-20-21(26,17-13-22-18-7-3-1-5-15(17)18)16-6-2-4-8-19(16)24(20)14-23-9-11-27-12-10-23/h1-8,13,22,26H,9-12,14H2/t21-/m0/s1. The van der Waals surface area contributed by atoms with E-state index in [4.69, 9.17) is 4.74 Å². The number of aliphatic hydroxyl groups is 1. The van der Waals surface area contributed by atoms with E-state index in [0.717, 1.165) is 29.7 Å². The third-order valence-corrected chi connectivity index (χ3v) is 5.56. The van der Waals surface area contributed by atoms with E-state index >= 15 is 0 Å². The van der Waals surface area contributed by atoms with Crippen molar-refractivity contribution in [2.45, 2.75) is 5.60 Å². The maximum atomic E-state index is 13.5. The summed E-state index contributed by atoms with van der Waals surface area (Å²) in [7, 11) is 0. The molecule has 0 radical (unpaired) electrons. The summed E-state index contributed by atoms with van der Waals surface area (Å²) in [5.41, 5.74) is 1.20. The lowest BCUT2D eigenvalue weighted by Crippen LogP contribution is -2.48. The fourth-order valence-corrected chi connectivity index (χ4v) is 4.15. The number of morpholine rings is 1.